The molecule has 0 radical (unpaired) electrons. The summed E-state index contributed by atoms with van der Waals surface area (Å²) in [6.45, 7) is 10.5. The molecule has 0 bridgehead atoms. The fourth-order valence-electron chi connectivity index (χ4n) is 1.15. The van der Waals surface area contributed by atoms with E-state index in [9.17, 15) is 4.79 Å². The lowest BCUT2D eigenvalue weighted by atomic mass is 10.4. The van der Waals surface area contributed by atoms with E-state index in [4.69, 9.17) is 18.9 Å². The molecular weight excluding hydrogens is 248 g/mol. The van der Waals surface area contributed by atoms with E-state index in [1.54, 1.807) is 6.92 Å². The van der Waals surface area contributed by atoms with E-state index in [0.717, 1.165) is 32.5 Å². The van der Waals surface area contributed by atoms with E-state index < -0.39 is 5.97 Å². The molecule has 0 heterocycles. The molecular formula is C14H26O5. The highest BCUT2D eigenvalue weighted by molar-refractivity contribution is 5.86. The molecule has 0 aromatic heterocycles. The number of esters is 1. The lowest BCUT2D eigenvalue weighted by molar-refractivity contribution is -0.151. The average Bonchev–Trinajstić information content (AvgIpc) is 2.39. The molecule has 5 heteroatoms. The molecule has 0 spiro atoms. The smallest absolute Gasteiger partial charge is 0.335 e. The normalized spacial score (nSPS) is 10.4. The largest absolute Gasteiger partial charge is 0.435 e. The topological polar surface area (TPSA) is 54.0 Å². The summed E-state index contributed by atoms with van der Waals surface area (Å²) in [5.74, 6) is -0.427. The fourth-order valence-corrected chi connectivity index (χ4v) is 1.15. The second-order valence-corrected chi connectivity index (χ2v) is 4.17. The van der Waals surface area contributed by atoms with E-state index >= 15 is 0 Å². The summed E-state index contributed by atoms with van der Waals surface area (Å²) in [4.78, 5) is 11.0. The van der Waals surface area contributed by atoms with Crippen molar-refractivity contribution in [2.75, 3.05) is 39.8 Å². The first-order valence-electron chi connectivity index (χ1n) is 6.74. The molecule has 0 unspecified atom stereocenters. The first kappa shape index (κ1) is 18.1. The third-order valence-electron chi connectivity index (χ3n) is 2.12. The van der Waals surface area contributed by atoms with Crippen molar-refractivity contribution >= 4 is 5.97 Å². The molecule has 0 aromatic rings. The van der Waals surface area contributed by atoms with Crippen LogP contribution in [0, 0.1) is 0 Å². The molecule has 5 nitrogen and oxygen atoms in total. The van der Waals surface area contributed by atoms with Gasteiger partial charge in [-0.25, -0.2) is 4.79 Å². The van der Waals surface area contributed by atoms with Crippen molar-refractivity contribution < 1.29 is 23.7 Å². The van der Waals surface area contributed by atoms with Gasteiger partial charge in [-0.05, 0) is 26.2 Å². The zero-order valence-electron chi connectivity index (χ0n) is 12.1. The van der Waals surface area contributed by atoms with Crippen LogP contribution in [0.25, 0.3) is 0 Å². The summed E-state index contributed by atoms with van der Waals surface area (Å²) in [6, 6.07) is 0. The summed E-state index contributed by atoms with van der Waals surface area (Å²) in [6.07, 6.45) is 2.74. The Morgan fingerprint density at radius 3 is 2.00 bits per heavy atom. The third kappa shape index (κ3) is 13.3. The maximum absolute atomic E-state index is 11.0. The quantitative estimate of drug-likeness (QED) is 0.223. The van der Waals surface area contributed by atoms with Crippen LogP contribution in [0.1, 0.15) is 33.1 Å². The summed E-state index contributed by atoms with van der Waals surface area (Å²) in [5.41, 5.74) is 0.372. The van der Waals surface area contributed by atoms with Crippen LogP contribution < -0.4 is 0 Å². The van der Waals surface area contributed by atoms with Crippen molar-refractivity contribution in [2.24, 2.45) is 0 Å². The Morgan fingerprint density at radius 1 is 0.947 bits per heavy atom. The minimum absolute atomic E-state index is 0.0312. The Hall–Kier alpha value is -0.910. The predicted octanol–water partition coefficient (Wildman–Crippen LogP) is 2.30. The van der Waals surface area contributed by atoms with E-state index in [0.29, 0.717) is 25.4 Å². The van der Waals surface area contributed by atoms with Gasteiger partial charge in [-0.15, -0.1) is 0 Å². The summed E-state index contributed by atoms with van der Waals surface area (Å²) >= 11 is 0. The Balaban J connectivity index is 3.07. The molecule has 0 N–H and O–H groups in total. The van der Waals surface area contributed by atoms with Gasteiger partial charge < -0.3 is 18.9 Å². The van der Waals surface area contributed by atoms with Crippen molar-refractivity contribution in [3.05, 3.63) is 12.2 Å². The zero-order chi connectivity index (χ0) is 14.3. The van der Waals surface area contributed by atoms with Crippen LogP contribution >= 0.6 is 0 Å². The predicted molar refractivity (Wildman–Crippen MR) is 72.9 cm³/mol. The molecule has 0 aliphatic rings. The minimum Gasteiger partial charge on any atom is -0.435 e. The fraction of sp³-hybridized carbons (Fsp3) is 0.786. The Labute approximate surface area is 115 Å². The van der Waals surface area contributed by atoms with Crippen LogP contribution in [-0.2, 0) is 23.7 Å². The lowest BCUT2D eigenvalue weighted by Crippen LogP contribution is -2.10. The van der Waals surface area contributed by atoms with Crippen LogP contribution in [0.3, 0.4) is 0 Å². The van der Waals surface area contributed by atoms with Crippen molar-refractivity contribution in [3.63, 3.8) is 0 Å². The van der Waals surface area contributed by atoms with Gasteiger partial charge in [-0.2, -0.15) is 0 Å². The van der Waals surface area contributed by atoms with Gasteiger partial charge in [0.25, 0.3) is 0 Å². The van der Waals surface area contributed by atoms with Crippen LogP contribution in [0.2, 0.25) is 0 Å². The molecule has 0 atom stereocenters. The van der Waals surface area contributed by atoms with Gasteiger partial charge in [0.2, 0.25) is 0 Å². The Morgan fingerprint density at radius 2 is 1.47 bits per heavy atom. The van der Waals surface area contributed by atoms with Gasteiger partial charge in [-0.3, -0.25) is 0 Å². The number of carbonyl (C=O) groups is 1. The monoisotopic (exact) mass is 274 g/mol. The highest BCUT2D eigenvalue weighted by atomic mass is 16.7. The maximum Gasteiger partial charge on any atom is 0.335 e. The summed E-state index contributed by atoms with van der Waals surface area (Å²) in [5, 5.41) is 0. The molecule has 19 heavy (non-hydrogen) atoms. The molecule has 0 saturated heterocycles. The number of ether oxygens (including phenoxy) is 4. The number of hydrogen-bond acceptors (Lipinski definition) is 5. The van der Waals surface area contributed by atoms with Gasteiger partial charge in [0.1, 0.15) is 0 Å². The highest BCUT2D eigenvalue weighted by Crippen LogP contribution is 1.93. The average molecular weight is 274 g/mol. The number of hydrogen-bond donors (Lipinski definition) is 0. The van der Waals surface area contributed by atoms with Crippen molar-refractivity contribution in [1.82, 2.24) is 0 Å². The lowest BCUT2D eigenvalue weighted by Gasteiger charge is -2.07. The molecule has 112 valence electrons. The van der Waals surface area contributed by atoms with Crippen LogP contribution in [-0.4, -0.2) is 45.8 Å². The van der Waals surface area contributed by atoms with Crippen LogP contribution in [0.15, 0.2) is 12.2 Å². The van der Waals surface area contributed by atoms with E-state index in [1.807, 2.05) is 0 Å². The van der Waals surface area contributed by atoms with Gasteiger partial charge in [0.15, 0.2) is 6.79 Å². The van der Waals surface area contributed by atoms with Gasteiger partial charge in [-0.1, -0.05) is 13.5 Å². The molecule has 0 amide bonds. The summed E-state index contributed by atoms with van der Waals surface area (Å²) < 4.78 is 20.6. The van der Waals surface area contributed by atoms with Crippen molar-refractivity contribution in [2.45, 2.75) is 33.1 Å². The Bertz CT molecular complexity index is 240. The zero-order valence-corrected chi connectivity index (χ0v) is 12.1. The number of carbonyl (C=O) groups excluding carboxylic acids is 1. The highest BCUT2D eigenvalue weighted by Gasteiger charge is 2.01. The second kappa shape index (κ2) is 13.5. The molecule has 0 rings (SSSR count). The van der Waals surface area contributed by atoms with E-state index in [1.165, 1.54) is 0 Å². The van der Waals surface area contributed by atoms with E-state index in [-0.39, 0.29) is 6.79 Å². The van der Waals surface area contributed by atoms with Gasteiger partial charge in [0, 0.05) is 32.0 Å². The van der Waals surface area contributed by atoms with E-state index in [2.05, 4.69) is 13.5 Å². The van der Waals surface area contributed by atoms with Crippen molar-refractivity contribution in [1.29, 1.82) is 0 Å². The first-order chi connectivity index (χ1) is 9.18. The SMILES string of the molecule is C=C(C)C(=O)OCOCCCOCCCOCCC. The molecule has 0 aromatic carbocycles. The second-order valence-electron chi connectivity index (χ2n) is 4.17. The molecule has 0 aliphatic carbocycles. The third-order valence-corrected chi connectivity index (χ3v) is 2.12. The molecule has 0 fully saturated rings. The molecule has 0 aliphatic heterocycles. The van der Waals surface area contributed by atoms with Crippen LogP contribution in [0.4, 0.5) is 0 Å². The minimum atomic E-state index is -0.427. The summed E-state index contributed by atoms with van der Waals surface area (Å²) in [7, 11) is 0. The Kier molecular flexibility index (Phi) is 12.9. The first-order valence-corrected chi connectivity index (χ1v) is 6.74. The van der Waals surface area contributed by atoms with Gasteiger partial charge >= 0.3 is 5.97 Å². The van der Waals surface area contributed by atoms with Gasteiger partial charge in [0.05, 0.1) is 6.61 Å². The molecule has 0 saturated carbocycles. The standard InChI is InChI=1S/C14H26O5/c1-4-7-16-8-5-9-17-10-6-11-18-12-19-14(15)13(2)3/h2,4-12H2,1,3H3. The van der Waals surface area contributed by atoms with Crippen LogP contribution in [0.5, 0.6) is 0 Å². The van der Waals surface area contributed by atoms with Crippen molar-refractivity contribution in [3.8, 4) is 0 Å². The number of rotatable bonds is 13. The maximum atomic E-state index is 11.0.